The van der Waals surface area contributed by atoms with Gasteiger partial charge in [-0.15, -0.1) is 0 Å². The van der Waals surface area contributed by atoms with Crippen LogP contribution >= 0.6 is 0 Å². The van der Waals surface area contributed by atoms with Gasteiger partial charge in [-0.2, -0.15) is 8.42 Å². The van der Waals surface area contributed by atoms with Crippen molar-refractivity contribution < 1.29 is 32.8 Å². The van der Waals surface area contributed by atoms with E-state index in [9.17, 15) is 32.8 Å². The summed E-state index contributed by atoms with van der Waals surface area (Å²) in [6.45, 7) is 11.3. The van der Waals surface area contributed by atoms with Crippen LogP contribution in [0.3, 0.4) is 0 Å². The summed E-state index contributed by atoms with van der Waals surface area (Å²) in [6, 6.07) is 0. The second-order valence-corrected chi connectivity index (χ2v) is 8.33. The lowest BCUT2D eigenvalue weighted by Gasteiger charge is -2.33. The van der Waals surface area contributed by atoms with Crippen molar-refractivity contribution in [2.45, 2.75) is 70.0 Å². The molecule has 8 heteroatoms. The Morgan fingerprint density at radius 1 is 1.00 bits per heavy atom. The fourth-order valence-corrected chi connectivity index (χ4v) is 4.04. The molecule has 0 aromatic carbocycles. The van der Waals surface area contributed by atoms with Crippen LogP contribution in [0.5, 0.6) is 0 Å². The second-order valence-electron chi connectivity index (χ2n) is 6.65. The molecule has 0 saturated heterocycles. The third-order valence-corrected chi connectivity index (χ3v) is 5.98. The second kappa shape index (κ2) is 10.5. The average molecular weight is 390 g/mol. The van der Waals surface area contributed by atoms with Gasteiger partial charge in [0.1, 0.15) is 0 Å². The molecule has 26 heavy (non-hydrogen) atoms. The largest absolute Gasteiger partial charge is 0.481 e. The van der Waals surface area contributed by atoms with Crippen LogP contribution in [-0.2, 0) is 19.7 Å². The Balaban J connectivity index is 6.05. The third kappa shape index (κ3) is 6.25. The van der Waals surface area contributed by atoms with Crippen molar-refractivity contribution in [1.29, 1.82) is 0 Å². The van der Waals surface area contributed by atoms with Gasteiger partial charge < -0.3 is 10.2 Å². The molecule has 0 saturated carbocycles. The van der Waals surface area contributed by atoms with Crippen LogP contribution in [0.2, 0.25) is 0 Å². The smallest absolute Gasteiger partial charge is 0.328 e. The first-order valence-electron chi connectivity index (χ1n) is 8.70. The number of carbonyl (C=O) groups is 2. The van der Waals surface area contributed by atoms with E-state index in [0.717, 1.165) is 19.3 Å². The van der Waals surface area contributed by atoms with Gasteiger partial charge in [0, 0.05) is 6.42 Å². The lowest BCUT2D eigenvalue weighted by Crippen LogP contribution is -2.55. The summed E-state index contributed by atoms with van der Waals surface area (Å²) in [5, 5.41) is 19.2. The van der Waals surface area contributed by atoms with E-state index < -0.39 is 39.1 Å². The maximum absolute atomic E-state index is 12.1. The lowest BCUT2D eigenvalue weighted by atomic mass is 9.80. The van der Waals surface area contributed by atoms with Gasteiger partial charge in [-0.3, -0.25) is 14.1 Å². The minimum Gasteiger partial charge on any atom is -0.481 e. The fourth-order valence-electron chi connectivity index (χ4n) is 2.88. The van der Waals surface area contributed by atoms with Gasteiger partial charge in [-0.05, 0) is 32.1 Å². The zero-order chi connectivity index (χ0) is 20.5. The summed E-state index contributed by atoms with van der Waals surface area (Å²) in [5.41, 5.74) is 0.713. The Kier molecular flexibility index (Phi) is 9.80. The first-order valence-corrected chi connectivity index (χ1v) is 10.1. The standard InChI is InChI=1S/C18H30O7S/c1-5-7-9-13(3)11-15(16(19)20)18(17(21)22,26(23,24)25)12-14(4)10-8-6-2/h15H,3-12H2,1-2H3,(H,19,20)(H,21,22)(H,23,24,25). The van der Waals surface area contributed by atoms with Gasteiger partial charge >= 0.3 is 11.9 Å². The molecule has 0 aromatic rings. The summed E-state index contributed by atoms with van der Waals surface area (Å²) < 4.78 is 31.0. The Labute approximate surface area is 155 Å². The quantitative estimate of drug-likeness (QED) is 0.305. The maximum atomic E-state index is 12.1. The minimum atomic E-state index is -5.24. The SMILES string of the molecule is C=C(CCCC)CC(C(=O)O)C(CC(=C)CCCC)(C(=O)O)S(=O)(=O)O. The Bertz CT molecular complexity index is 636. The zero-order valence-electron chi connectivity index (χ0n) is 15.5. The van der Waals surface area contributed by atoms with Crippen molar-refractivity contribution in [2.24, 2.45) is 5.92 Å². The summed E-state index contributed by atoms with van der Waals surface area (Å²) in [6.07, 6.45) is 2.79. The van der Waals surface area contributed by atoms with Crippen LogP contribution in [0.15, 0.2) is 24.3 Å². The molecule has 3 N–H and O–H groups in total. The molecule has 0 radical (unpaired) electrons. The van der Waals surface area contributed by atoms with E-state index in [1.165, 1.54) is 0 Å². The predicted molar refractivity (Wildman–Crippen MR) is 99.6 cm³/mol. The van der Waals surface area contributed by atoms with Crippen molar-refractivity contribution >= 4 is 22.1 Å². The molecule has 7 nitrogen and oxygen atoms in total. The highest BCUT2D eigenvalue weighted by atomic mass is 32.2. The third-order valence-electron chi connectivity index (χ3n) is 4.46. The lowest BCUT2D eigenvalue weighted by molar-refractivity contribution is -0.152. The number of carboxylic acids is 2. The highest BCUT2D eigenvalue weighted by Gasteiger charge is 2.59. The number of hydrogen-bond donors (Lipinski definition) is 3. The number of carboxylic acid groups (broad SMARTS) is 2. The molecule has 0 bridgehead atoms. The number of unbranched alkanes of at least 4 members (excludes halogenated alkanes) is 2. The maximum Gasteiger partial charge on any atom is 0.328 e. The summed E-state index contributed by atoms with van der Waals surface area (Å²) in [5.74, 6) is -5.36. The molecule has 0 aliphatic rings. The van der Waals surface area contributed by atoms with E-state index in [0.29, 0.717) is 24.8 Å². The Morgan fingerprint density at radius 2 is 1.46 bits per heavy atom. The van der Waals surface area contributed by atoms with Gasteiger partial charge in [0.15, 0.2) is 0 Å². The van der Waals surface area contributed by atoms with Crippen molar-refractivity contribution in [1.82, 2.24) is 0 Å². The Morgan fingerprint density at radius 3 is 1.81 bits per heavy atom. The number of aliphatic carboxylic acids is 2. The highest BCUT2D eigenvalue weighted by Crippen LogP contribution is 2.38. The van der Waals surface area contributed by atoms with E-state index in [1.807, 2.05) is 13.8 Å². The van der Waals surface area contributed by atoms with Crippen LogP contribution in [0.1, 0.15) is 65.2 Å². The minimum absolute atomic E-state index is 0.275. The van der Waals surface area contributed by atoms with Crippen molar-refractivity contribution in [2.75, 3.05) is 0 Å². The van der Waals surface area contributed by atoms with E-state index in [-0.39, 0.29) is 12.0 Å². The van der Waals surface area contributed by atoms with Gasteiger partial charge in [-0.1, -0.05) is 51.0 Å². The first-order chi connectivity index (χ1) is 11.9. The normalized spacial score (nSPS) is 15.0. The molecule has 0 amide bonds. The molecule has 0 spiro atoms. The topological polar surface area (TPSA) is 129 Å². The molecule has 0 aromatic heterocycles. The number of hydrogen-bond acceptors (Lipinski definition) is 4. The van der Waals surface area contributed by atoms with Crippen molar-refractivity contribution in [3.63, 3.8) is 0 Å². The Hall–Kier alpha value is -1.67. The summed E-state index contributed by atoms with van der Waals surface area (Å²) in [4.78, 5) is 23.7. The van der Waals surface area contributed by atoms with Gasteiger partial charge in [-0.25, -0.2) is 0 Å². The molecule has 2 atom stereocenters. The molecular formula is C18H30O7S. The van der Waals surface area contributed by atoms with Crippen molar-refractivity contribution in [3.05, 3.63) is 24.3 Å². The van der Waals surface area contributed by atoms with E-state index in [4.69, 9.17) is 0 Å². The van der Waals surface area contributed by atoms with Crippen LogP contribution < -0.4 is 0 Å². The van der Waals surface area contributed by atoms with Gasteiger partial charge in [0.25, 0.3) is 10.1 Å². The number of allylic oxidation sites excluding steroid dienone is 2. The van der Waals surface area contributed by atoms with E-state index in [2.05, 4.69) is 13.2 Å². The van der Waals surface area contributed by atoms with E-state index >= 15 is 0 Å². The average Bonchev–Trinajstić information content (AvgIpc) is 2.52. The summed E-state index contributed by atoms with van der Waals surface area (Å²) >= 11 is 0. The molecule has 0 rings (SSSR count). The molecule has 0 heterocycles. The first kappa shape index (κ1) is 24.3. The van der Waals surface area contributed by atoms with Gasteiger partial charge in [0.2, 0.25) is 4.75 Å². The zero-order valence-corrected chi connectivity index (χ0v) is 16.3. The van der Waals surface area contributed by atoms with Crippen LogP contribution in [0.4, 0.5) is 0 Å². The van der Waals surface area contributed by atoms with Crippen molar-refractivity contribution in [3.8, 4) is 0 Å². The molecular weight excluding hydrogens is 360 g/mol. The summed E-state index contributed by atoms with van der Waals surface area (Å²) in [7, 11) is -5.24. The fraction of sp³-hybridized carbons (Fsp3) is 0.667. The van der Waals surface area contributed by atoms with Gasteiger partial charge in [0.05, 0.1) is 5.92 Å². The predicted octanol–water partition coefficient (Wildman–Crippen LogP) is 3.67. The molecule has 2 unspecified atom stereocenters. The molecule has 0 fully saturated rings. The van der Waals surface area contributed by atoms with E-state index in [1.54, 1.807) is 0 Å². The molecule has 0 aliphatic heterocycles. The molecule has 150 valence electrons. The highest BCUT2D eigenvalue weighted by molar-refractivity contribution is 7.88. The van der Waals surface area contributed by atoms with Crippen LogP contribution in [0.25, 0.3) is 0 Å². The van der Waals surface area contributed by atoms with Crippen LogP contribution in [-0.4, -0.2) is 39.9 Å². The number of rotatable bonds is 14. The monoisotopic (exact) mass is 390 g/mol. The molecule has 0 aliphatic carbocycles. The van der Waals surface area contributed by atoms with Crippen LogP contribution in [0, 0.1) is 5.92 Å².